The lowest BCUT2D eigenvalue weighted by atomic mass is 9.93. The molecule has 1 rings (SSSR count). The van der Waals surface area contributed by atoms with Gasteiger partial charge in [0, 0.05) is 0 Å². The zero-order valence-corrected chi connectivity index (χ0v) is 6.87. The Hall–Kier alpha value is -0.0800. The lowest BCUT2D eigenvalue weighted by molar-refractivity contribution is -0.126. The van der Waals surface area contributed by atoms with Gasteiger partial charge in [-0.25, -0.2) is 0 Å². The van der Waals surface area contributed by atoms with Crippen molar-refractivity contribution in [1.82, 2.24) is 0 Å². The third-order valence-electron chi connectivity index (χ3n) is 2.39. The highest BCUT2D eigenvalue weighted by Crippen LogP contribution is 2.24. The summed E-state index contributed by atoms with van der Waals surface area (Å²) in [5, 5.41) is 9.34. The molecule has 0 saturated carbocycles. The fourth-order valence-corrected chi connectivity index (χ4v) is 1.33. The van der Waals surface area contributed by atoms with Crippen molar-refractivity contribution in [2.75, 3.05) is 0 Å². The van der Waals surface area contributed by atoms with E-state index in [-0.39, 0.29) is 12.2 Å². The van der Waals surface area contributed by atoms with Gasteiger partial charge in [0.2, 0.25) is 0 Å². The molecule has 0 aromatic rings. The molecule has 0 aromatic heterocycles. The molecule has 0 spiro atoms. The molecule has 0 aliphatic carbocycles. The zero-order valence-electron chi connectivity index (χ0n) is 6.87. The van der Waals surface area contributed by atoms with E-state index in [1.807, 2.05) is 6.92 Å². The molecule has 1 aliphatic heterocycles. The number of aliphatic hydroxyl groups excluding tert-OH is 1. The van der Waals surface area contributed by atoms with Gasteiger partial charge in [0.05, 0.1) is 18.3 Å². The third kappa shape index (κ3) is 1.50. The number of rotatable bonds is 0. The lowest BCUT2D eigenvalue weighted by Crippen LogP contribution is -2.40. The standard InChI is InChI=1S/C8H16O2/c1-5-4-8(9)7(3)10-6(5)2/h5-9H,4H2,1-3H3/t5-,6?,7-,8-/m0/s1. The fourth-order valence-electron chi connectivity index (χ4n) is 1.33. The monoisotopic (exact) mass is 144 g/mol. The molecular formula is C8H16O2. The van der Waals surface area contributed by atoms with Gasteiger partial charge in [0.25, 0.3) is 0 Å². The molecule has 1 N–H and O–H groups in total. The summed E-state index contributed by atoms with van der Waals surface area (Å²) in [6.45, 7) is 6.10. The van der Waals surface area contributed by atoms with Crippen molar-refractivity contribution < 1.29 is 9.84 Å². The first kappa shape index (κ1) is 8.02. The molecule has 0 bridgehead atoms. The maximum absolute atomic E-state index is 9.34. The summed E-state index contributed by atoms with van der Waals surface area (Å²) in [6.07, 6.45) is 0.943. The average molecular weight is 144 g/mol. The van der Waals surface area contributed by atoms with Crippen LogP contribution in [-0.4, -0.2) is 23.4 Å². The van der Waals surface area contributed by atoms with Crippen LogP contribution in [-0.2, 0) is 4.74 Å². The molecule has 4 atom stereocenters. The van der Waals surface area contributed by atoms with E-state index in [1.54, 1.807) is 0 Å². The van der Waals surface area contributed by atoms with E-state index in [4.69, 9.17) is 4.74 Å². The van der Waals surface area contributed by atoms with Crippen molar-refractivity contribution in [3.8, 4) is 0 Å². The van der Waals surface area contributed by atoms with Crippen molar-refractivity contribution in [2.45, 2.75) is 45.5 Å². The molecule has 1 fully saturated rings. The van der Waals surface area contributed by atoms with Crippen molar-refractivity contribution in [2.24, 2.45) is 5.92 Å². The maximum atomic E-state index is 9.34. The molecule has 0 amide bonds. The lowest BCUT2D eigenvalue weighted by Gasteiger charge is -2.34. The minimum Gasteiger partial charge on any atom is -0.390 e. The van der Waals surface area contributed by atoms with Crippen molar-refractivity contribution >= 4 is 0 Å². The van der Waals surface area contributed by atoms with Gasteiger partial charge in [0.1, 0.15) is 0 Å². The van der Waals surface area contributed by atoms with Crippen LogP contribution in [0.3, 0.4) is 0 Å². The fraction of sp³-hybridized carbons (Fsp3) is 1.00. The van der Waals surface area contributed by atoms with Gasteiger partial charge >= 0.3 is 0 Å². The van der Waals surface area contributed by atoms with Crippen LogP contribution in [0.4, 0.5) is 0 Å². The van der Waals surface area contributed by atoms with Gasteiger partial charge in [-0.2, -0.15) is 0 Å². The second-order valence-electron chi connectivity index (χ2n) is 3.33. The molecule has 60 valence electrons. The molecule has 1 heterocycles. The number of aliphatic hydroxyl groups is 1. The predicted octanol–water partition coefficient (Wildman–Crippen LogP) is 1.18. The van der Waals surface area contributed by atoms with Crippen LogP contribution in [0.25, 0.3) is 0 Å². The van der Waals surface area contributed by atoms with Gasteiger partial charge in [-0.15, -0.1) is 0 Å². The van der Waals surface area contributed by atoms with Crippen LogP contribution in [0.2, 0.25) is 0 Å². The Morgan fingerprint density at radius 3 is 2.30 bits per heavy atom. The normalized spacial score (nSPS) is 49.2. The minimum atomic E-state index is -0.258. The van der Waals surface area contributed by atoms with Gasteiger partial charge < -0.3 is 9.84 Å². The Bertz CT molecular complexity index is 87.8. The second kappa shape index (κ2) is 2.89. The molecule has 1 saturated heterocycles. The van der Waals surface area contributed by atoms with Crippen LogP contribution in [0.15, 0.2) is 0 Å². The Morgan fingerprint density at radius 2 is 1.80 bits per heavy atom. The Balaban J connectivity index is 2.46. The Kier molecular flexibility index (Phi) is 2.32. The van der Waals surface area contributed by atoms with E-state index in [9.17, 15) is 5.11 Å². The van der Waals surface area contributed by atoms with Crippen molar-refractivity contribution in [3.05, 3.63) is 0 Å². The first-order chi connectivity index (χ1) is 4.61. The van der Waals surface area contributed by atoms with Crippen LogP contribution in [0, 0.1) is 5.92 Å². The summed E-state index contributed by atoms with van der Waals surface area (Å²) >= 11 is 0. The molecule has 0 aromatic carbocycles. The molecule has 0 radical (unpaired) electrons. The summed E-state index contributed by atoms with van der Waals surface area (Å²) in [4.78, 5) is 0. The Labute approximate surface area is 62.2 Å². The van der Waals surface area contributed by atoms with E-state index < -0.39 is 0 Å². The smallest absolute Gasteiger partial charge is 0.0809 e. The summed E-state index contributed by atoms with van der Waals surface area (Å²) in [7, 11) is 0. The first-order valence-electron chi connectivity index (χ1n) is 3.94. The molecule has 2 heteroatoms. The summed E-state index contributed by atoms with van der Waals surface area (Å²) in [5.74, 6) is 0.492. The largest absolute Gasteiger partial charge is 0.390 e. The molecule has 1 aliphatic rings. The van der Waals surface area contributed by atoms with E-state index in [1.165, 1.54) is 0 Å². The van der Waals surface area contributed by atoms with Crippen molar-refractivity contribution in [3.63, 3.8) is 0 Å². The zero-order chi connectivity index (χ0) is 7.72. The Morgan fingerprint density at radius 1 is 1.20 bits per heavy atom. The van der Waals surface area contributed by atoms with Crippen LogP contribution >= 0.6 is 0 Å². The molecule has 2 nitrogen and oxygen atoms in total. The predicted molar refractivity (Wildman–Crippen MR) is 39.8 cm³/mol. The highest BCUT2D eigenvalue weighted by atomic mass is 16.5. The molecule has 1 unspecified atom stereocenters. The maximum Gasteiger partial charge on any atom is 0.0809 e. The van der Waals surface area contributed by atoms with Gasteiger partial charge in [-0.05, 0) is 26.2 Å². The number of ether oxygens (including phenoxy) is 1. The summed E-state index contributed by atoms with van der Waals surface area (Å²) in [6, 6.07) is 0. The van der Waals surface area contributed by atoms with Crippen LogP contribution in [0.5, 0.6) is 0 Å². The highest BCUT2D eigenvalue weighted by Gasteiger charge is 2.29. The van der Waals surface area contributed by atoms with Crippen LogP contribution < -0.4 is 0 Å². The second-order valence-corrected chi connectivity index (χ2v) is 3.33. The number of hydrogen-bond donors (Lipinski definition) is 1. The molecule has 10 heavy (non-hydrogen) atoms. The topological polar surface area (TPSA) is 29.5 Å². The first-order valence-corrected chi connectivity index (χ1v) is 3.94. The minimum absolute atomic E-state index is 0.0196. The van der Waals surface area contributed by atoms with Crippen molar-refractivity contribution in [1.29, 1.82) is 0 Å². The van der Waals surface area contributed by atoms with E-state index >= 15 is 0 Å². The van der Waals surface area contributed by atoms with E-state index in [0.717, 1.165) is 6.42 Å². The van der Waals surface area contributed by atoms with Gasteiger partial charge in [0.15, 0.2) is 0 Å². The SMILES string of the molecule is CC1O[C@@H](C)[C@@H](O)C[C@@H]1C. The van der Waals surface area contributed by atoms with Gasteiger partial charge in [-0.3, -0.25) is 0 Å². The molecular weight excluding hydrogens is 128 g/mol. The summed E-state index contributed by atoms with van der Waals surface area (Å²) in [5.41, 5.74) is 0. The summed E-state index contributed by atoms with van der Waals surface area (Å²) < 4.78 is 5.46. The number of hydrogen-bond acceptors (Lipinski definition) is 2. The van der Waals surface area contributed by atoms with E-state index in [2.05, 4.69) is 13.8 Å². The van der Waals surface area contributed by atoms with E-state index in [0.29, 0.717) is 12.0 Å². The van der Waals surface area contributed by atoms with Crippen LogP contribution in [0.1, 0.15) is 27.2 Å². The quantitative estimate of drug-likeness (QED) is 0.553. The third-order valence-corrected chi connectivity index (χ3v) is 2.39. The highest BCUT2D eigenvalue weighted by molar-refractivity contribution is 4.77. The average Bonchev–Trinajstić information content (AvgIpc) is 1.84. The van der Waals surface area contributed by atoms with Gasteiger partial charge in [-0.1, -0.05) is 6.92 Å².